The quantitative estimate of drug-likeness (QED) is 0.633. The maximum absolute atomic E-state index is 13.6. The summed E-state index contributed by atoms with van der Waals surface area (Å²) in [5, 5.41) is 0. The van der Waals surface area contributed by atoms with Crippen molar-refractivity contribution in [3.05, 3.63) is 65.4 Å². The van der Waals surface area contributed by atoms with E-state index in [1.165, 1.54) is 4.90 Å². The standard InChI is InChI=1S/C26H30N2O3/c1-4-16-31-22-13-9-20(10-14-22)23-24(27-15-5-6-19(3)17-27)26(30)28(25(23)29)21-11-7-18(2)8-12-21/h7-14,19H,4-6,15-17H2,1-3H3. The number of ether oxygens (including phenoxy) is 1. The van der Waals surface area contributed by atoms with Gasteiger partial charge in [0.25, 0.3) is 11.8 Å². The molecule has 5 heteroatoms. The number of anilines is 1. The highest BCUT2D eigenvalue weighted by Crippen LogP contribution is 2.37. The number of rotatable bonds is 6. The van der Waals surface area contributed by atoms with Gasteiger partial charge in [-0.25, -0.2) is 4.90 Å². The van der Waals surface area contributed by atoms with Crippen molar-refractivity contribution in [1.82, 2.24) is 4.90 Å². The number of hydrogen-bond donors (Lipinski definition) is 0. The molecule has 2 aliphatic rings. The zero-order valence-electron chi connectivity index (χ0n) is 18.6. The van der Waals surface area contributed by atoms with Crippen LogP contribution in [0.5, 0.6) is 5.75 Å². The van der Waals surface area contributed by atoms with Gasteiger partial charge in [0.15, 0.2) is 0 Å². The molecule has 1 saturated heterocycles. The fourth-order valence-corrected chi connectivity index (χ4v) is 4.33. The Balaban J connectivity index is 1.75. The van der Waals surface area contributed by atoms with Gasteiger partial charge in [-0.2, -0.15) is 0 Å². The Morgan fingerprint density at radius 2 is 1.71 bits per heavy atom. The van der Waals surface area contributed by atoms with E-state index in [2.05, 4.69) is 18.7 Å². The van der Waals surface area contributed by atoms with E-state index in [-0.39, 0.29) is 11.8 Å². The lowest BCUT2D eigenvalue weighted by Gasteiger charge is -2.33. The summed E-state index contributed by atoms with van der Waals surface area (Å²) in [5.74, 6) is 0.767. The Labute approximate surface area is 184 Å². The molecule has 5 nitrogen and oxygen atoms in total. The number of piperidine rings is 1. The van der Waals surface area contributed by atoms with E-state index in [0.29, 0.717) is 29.5 Å². The normalized spacial score (nSPS) is 19.4. The summed E-state index contributed by atoms with van der Waals surface area (Å²) in [6, 6.07) is 15.1. The summed E-state index contributed by atoms with van der Waals surface area (Å²) >= 11 is 0. The zero-order valence-corrected chi connectivity index (χ0v) is 18.6. The van der Waals surface area contributed by atoms with Crippen LogP contribution in [0.3, 0.4) is 0 Å². The summed E-state index contributed by atoms with van der Waals surface area (Å²) in [4.78, 5) is 30.6. The predicted octanol–water partition coefficient (Wildman–Crippen LogP) is 4.80. The number of likely N-dealkylation sites (tertiary alicyclic amines) is 1. The first-order chi connectivity index (χ1) is 15.0. The lowest BCUT2D eigenvalue weighted by Crippen LogP contribution is -2.39. The van der Waals surface area contributed by atoms with Crippen LogP contribution in [0.1, 0.15) is 44.2 Å². The van der Waals surface area contributed by atoms with E-state index >= 15 is 0 Å². The lowest BCUT2D eigenvalue weighted by atomic mass is 9.97. The van der Waals surface area contributed by atoms with Crippen LogP contribution in [0.2, 0.25) is 0 Å². The van der Waals surface area contributed by atoms with Gasteiger partial charge >= 0.3 is 0 Å². The average Bonchev–Trinajstić information content (AvgIpc) is 3.03. The lowest BCUT2D eigenvalue weighted by molar-refractivity contribution is -0.120. The second kappa shape index (κ2) is 8.96. The molecule has 2 aliphatic heterocycles. The van der Waals surface area contributed by atoms with Crippen LogP contribution >= 0.6 is 0 Å². The fraction of sp³-hybridized carbons (Fsp3) is 0.385. The first-order valence-electron chi connectivity index (χ1n) is 11.2. The number of hydrogen-bond acceptors (Lipinski definition) is 4. The largest absolute Gasteiger partial charge is 0.494 e. The average molecular weight is 419 g/mol. The van der Waals surface area contributed by atoms with Gasteiger partial charge in [0.2, 0.25) is 0 Å². The molecule has 0 aliphatic carbocycles. The van der Waals surface area contributed by atoms with Gasteiger partial charge in [-0.1, -0.05) is 43.7 Å². The third kappa shape index (κ3) is 4.22. The Kier molecular flexibility index (Phi) is 6.12. The van der Waals surface area contributed by atoms with Crippen molar-refractivity contribution in [2.45, 2.75) is 40.0 Å². The van der Waals surface area contributed by atoms with E-state index in [4.69, 9.17) is 4.74 Å². The van der Waals surface area contributed by atoms with Crippen LogP contribution in [0.25, 0.3) is 5.57 Å². The fourth-order valence-electron chi connectivity index (χ4n) is 4.33. The van der Waals surface area contributed by atoms with Crippen LogP contribution in [0.4, 0.5) is 5.69 Å². The summed E-state index contributed by atoms with van der Waals surface area (Å²) < 4.78 is 5.69. The van der Waals surface area contributed by atoms with Gasteiger partial charge in [0.05, 0.1) is 17.9 Å². The molecule has 1 fully saturated rings. The first-order valence-corrected chi connectivity index (χ1v) is 11.2. The molecule has 162 valence electrons. The summed E-state index contributed by atoms with van der Waals surface area (Å²) in [7, 11) is 0. The highest BCUT2D eigenvalue weighted by molar-refractivity contribution is 6.45. The van der Waals surface area contributed by atoms with E-state index in [1.54, 1.807) is 0 Å². The van der Waals surface area contributed by atoms with Crippen molar-refractivity contribution >= 4 is 23.1 Å². The van der Waals surface area contributed by atoms with Crippen molar-refractivity contribution in [3.63, 3.8) is 0 Å². The highest BCUT2D eigenvalue weighted by Gasteiger charge is 2.43. The second-order valence-corrected chi connectivity index (χ2v) is 8.57. The Bertz CT molecular complexity index is 992. The maximum Gasteiger partial charge on any atom is 0.282 e. The minimum absolute atomic E-state index is 0.232. The molecule has 0 bridgehead atoms. The number of imide groups is 1. The predicted molar refractivity (Wildman–Crippen MR) is 123 cm³/mol. The van der Waals surface area contributed by atoms with E-state index in [0.717, 1.165) is 49.2 Å². The molecule has 0 saturated carbocycles. The molecule has 2 aromatic carbocycles. The molecule has 0 N–H and O–H groups in total. The number of aryl methyl sites for hydroxylation is 1. The van der Waals surface area contributed by atoms with Crippen LogP contribution < -0.4 is 9.64 Å². The van der Waals surface area contributed by atoms with Gasteiger partial charge in [0.1, 0.15) is 11.4 Å². The minimum Gasteiger partial charge on any atom is -0.494 e. The number of carbonyl (C=O) groups is 2. The van der Waals surface area contributed by atoms with Gasteiger partial charge in [-0.15, -0.1) is 0 Å². The summed E-state index contributed by atoms with van der Waals surface area (Å²) in [6.07, 6.45) is 3.10. The van der Waals surface area contributed by atoms with Crippen LogP contribution in [-0.4, -0.2) is 36.4 Å². The molecule has 0 radical (unpaired) electrons. The number of nitrogens with zero attached hydrogens (tertiary/aromatic N) is 2. The molecule has 0 aromatic heterocycles. The molecule has 1 atom stereocenters. The molecule has 0 spiro atoms. The molecular weight excluding hydrogens is 388 g/mol. The molecular formula is C26H30N2O3. The third-order valence-corrected chi connectivity index (χ3v) is 5.94. The van der Waals surface area contributed by atoms with Gasteiger partial charge in [-0.3, -0.25) is 9.59 Å². The maximum atomic E-state index is 13.6. The van der Waals surface area contributed by atoms with Crippen molar-refractivity contribution in [2.24, 2.45) is 5.92 Å². The van der Waals surface area contributed by atoms with Crippen molar-refractivity contribution in [1.29, 1.82) is 0 Å². The van der Waals surface area contributed by atoms with Crippen LogP contribution in [0.15, 0.2) is 54.2 Å². The van der Waals surface area contributed by atoms with Gasteiger partial charge in [-0.05, 0) is 61.9 Å². The molecule has 4 rings (SSSR count). The molecule has 2 heterocycles. The zero-order chi connectivity index (χ0) is 22.0. The second-order valence-electron chi connectivity index (χ2n) is 8.57. The molecule has 1 unspecified atom stereocenters. The van der Waals surface area contributed by atoms with Crippen LogP contribution in [0, 0.1) is 12.8 Å². The number of benzene rings is 2. The van der Waals surface area contributed by atoms with E-state index in [1.807, 2.05) is 55.5 Å². The topological polar surface area (TPSA) is 49.9 Å². The Morgan fingerprint density at radius 1 is 1.00 bits per heavy atom. The van der Waals surface area contributed by atoms with Crippen molar-refractivity contribution < 1.29 is 14.3 Å². The highest BCUT2D eigenvalue weighted by atomic mass is 16.5. The van der Waals surface area contributed by atoms with Crippen molar-refractivity contribution in [2.75, 3.05) is 24.6 Å². The van der Waals surface area contributed by atoms with E-state index in [9.17, 15) is 9.59 Å². The monoisotopic (exact) mass is 418 g/mol. The third-order valence-electron chi connectivity index (χ3n) is 5.94. The number of carbonyl (C=O) groups excluding carboxylic acids is 2. The number of amides is 2. The smallest absolute Gasteiger partial charge is 0.282 e. The van der Waals surface area contributed by atoms with Gasteiger partial charge in [0, 0.05) is 13.1 Å². The van der Waals surface area contributed by atoms with Gasteiger partial charge < -0.3 is 9.64 Å². The Hall–Kier alpha value is -3.08. The van der Waals surface area contributed by atoms with Crippen molar-refractivity contribution in [3.8, 4) is 5.75 Å². The molecule has 2 aromatic rings. The molecule has 31 heavy (non-hydrogen) atoms. The summed E-state index contributed by atoms with van der Waals surface area (Å²) in [5.41, 5.74) is 3.47. The molecule has 2 amide bonds. The minimum atomic E-state index is -0.260. The SMILES string of the molecule is CCCOc1ccc(C2=C(N3CCCC(C)C3)C(=O)N(c3ccc(C)cc3)C2=O)cc1. The van der Waals surface area contributed by atoms with E-state index < -0.39 is 0 Å². The summed E-state index contributed by atoms with van der Waals surface area (Å²) in [6.45, 7) is 8.49. The van der Waals surface area contributed by atoms with Crippen LogP contribution in [-0.2, 0) is 9.59 Å². The first kappa shape index (κ1) is 21.2. The Morgan fingerprint density at radius 3 is 2.35 bits per heavy atom.